The van der Waals surface area contributed by atoms with Gasteiger partial charge in [-0.2, -0.15) is 0 Å². The van der Waals surface area contributed by atoms with Crippen LogP contribution in [0.2, 0.25) is 0 Å². The molecule has 9 heteroatoms. The van der Waals surface area contributed by atoms with Gasteiger partial charge < -0.3 is 10.6 Å². The molecule has 0 radical (unpaired) electrons. The summed E-state index contributed by atoms with van der Waals surface area (Å²) in [5.74, 6) is 0.404. The fourth-order valence-electron chi connectivity index (χ4n) is 3.69. The Morgan fingerprint density at radius 2 is 1.82 bits per heavy atom. The van der Waals surface area contributed by atoms with Gasteiger partial charge in [-0.25, -0.2) is 9.97 Å². The molecule has 0 unspecified atom stereocenters. The molecule has 0 bridgehead atoms. The van der Waals surface area contributed by atoms with Crippen molar-refractivity contribution in [3.8, 4) is 0 Å². The fraction of sp³-hybridized carbons (Fsp3) is 0.375. The Bertz CT molecular complexity index is 1190. The summed E-state index contributed by atoms with van der Waals surface area (Å²) >= 11 is 0. The van der Waals surface area contributed by atoms with Crippen molar-refractivity contribution in [2.75, 3.05) is 30.9 Å². The predicted octanol–water partition coefficient (Wildman–Crippen LogP) is 2.71. The topological polar surface area (TPSA) is 109 Å². The van der Waals surface area contributed by atoms with E-state index in [1.54, 1.807) is 37.7 Å². The maximum atomic E-state index is 13.6. The third-order valence-corrected chi connectivity index (χ3v) is 5.55. The van der Waals surface area contributed by atoms with E-state index in [4.69, 9.17) is 0 Å². The number of pyridine rings is 1. The van der Waals surface area contributed by atoms with E-state index in [0.717, 1.165) is 5.56 Å². The predicted molar refractivity (Wildman–Crippen MR) is 130 cm³/mol. The van der Waals surface area contributed by atoms with Crippen molar-refractivity contribution in [3.05, 3.63) is 58.4 Å². The molecule has 1 atom stereocenters. The molecule has 0 aliphatic heterocycles. The van der Waals surface area contributed by atoms with Gasteiger partial charge in [0.2, 0.25) is 11.8 Å². The molecule has 3 aromatic rings. The van der Waals surface area contributed by atoms with Crippen LogP contribution in [0, 0.1) is 0 Å². The van der Waals surface area contributed by atoms with Gasteiger partial charge in [0, 0.05) is 33.5 Å². The Hall–Kier alpha value is -3.75. The van der Waals surface area contributed by atoms with Gasteiger partial charge in [-0.15, -0.1) is 0 Å². The van der Waals surface area contributed by atoms with Gasteiger partial charge in [0.1, 0.15) is 11.3 Å². The van der Waals surface area contributed by atoms with Crippen LogP contribution in [0.25, 0.3) is 11.2 Å². The van der Waals surface area contributed by atoms with E-state index in [1.807, 2.05) is 37.3 Å². The van der Waals surface area contributed by atoms with Gasteiger partial charge in [-0.3, -0.25) is 23.9 Å². The van der Waals surface area contributed by atoms with Gasteiger partial charge >= 0.3 is 0 Å². The maximum absolute atomic E-state index is 13.6. The maximum Gasteiger partial charge on any atom is 0.295 e. The third-order valence-electron chi connectivity index (χ3n) is 5.55. The van der Waals surface area contributed by atoms with Crippen molar-refractivity contribution in [2.24, 2.45) is 0 Å². The molecule has 174 valence electrons. The van der Waals surface area contributed by atoms with Crippen LogP contribution in [0.5, 0.6) is 0 Å². The first-order valence-corrected chi connectivity index (χ1v) is 11.1. The summed E-state index contributed by atoms with van der Waals surface area (Å²) in [6, 6.07) is 12.9. The highest BCUT2D eigenvalue weighted by molar-refractivity contribution is 5.92. The van der Waals surface area contributed by atoms with Gasteiger partial charge in [-0.05, 0) is 24.1 Å². The molecule has 0 saturated heterocycles. The zero-order valence-electron chi connectivity index (χ0n) is 19.5. The number of fused-ring (bicyclic) bond motifs is 1. The lowest BCUT2D eigenvalue weighted by Gasteiger charge is -2.23. The number of carbonyl (C=O) groups is 2. The lowest BCUT2D eigenvalue weighted by molar-refractivity contribution is -0.120. The molecular formula is C24H30N6O3. The molecule has 0 fully saturated rings. The third kappa shape index (κ3) is 5.19. The molecule has 2 N–H and O–H groups in total. The number of benzene rings is 1. The van der Waals surface area contributed by atoms with Gasteiger partial charge in [0.05, 0.1) is 6.04 Å². The smallest absolute Gasteiger partial charge is 0.295 e. The Morgan fingerprint density at radius 1 is 1.09 bits per heavy atom. The second-order valence-electron chi connectivity index (χ2n) is 7.64. The summed E-state index contributed by atoms with van der Waals surface area (Å²) in [6.45, 7) is 4.07. The van der Waals surface area contributed by atoms with Crippen LogP contribution < -0.4 is 21.1 Å². The number of hydrogen-bond donors (Lipinski definition) is 2. The number of nitrogens with zero attached hydrogens (tertiary/aromatic N) is 4. The van der Waals surface area contributed by atoms with Gasteiger partial charge in [0.15, 0.2) is 11.5 Å². The van der Waals surface area contributed by atoms with Crippen LogP contribution in [0.1, 0.15) is 44.7 Å². The highest BCUT2D eigenvalue weighted by Crippen LogP contribution is 2.25. The molecule has 0 aliphatic carbocycles. The SMILES string of the molecule is CCC(=O)N(C)c1ccc2nc(NCCC(=O)NC)c(=O)n([C@@H](CC)c3ccccc3)c2n1. The van der Waals surface area contributed by atoms with Crippen molar-refractivity contribution in [3.63, 3.8) is 0 Å². The molecular weight excluding hydrogens is 420 g/mol. The molecule has 1 aromatic carbocycles. The Balaban J connectivity index is 2.18. The monoisotopic (exact) mass is 450 g/mol. The number of anilines is 2. The zero-order chi connectivity index (χ0) is 24.0. The van der Waals surface area contributed by atoms with Crippen LogP contribution in [0.15, 0.2) is 47.3 Å². The quantitative estimate of drug-likeness (QED) is 0.519. The van der Waals surface area contributed by atoms with E-state index >= 15 is 0 Å². The standard InChI is InChI=1S/C24H30N6O3/c1-5-18(16-10-8-7-9-11-16)30-23-17(12-13-19(28-23)29(4)21(32)6-2)27-22(24(30)33)26-15-14-20(31)25-3/h7-13,18H,5-6,14-15H2,1-4H3,(H,25,31)(H,26,27)/t18-/m0/s1. The summed E-state index contributed by atoms with van der Waals surface area (Å²) in [5, 5.41) is 5.57. The number of amides is 2. The molecule has 9 nitrogen and oxygen atoms in total. The second kappa shape index (κ2) is 10.7. The normalized spacial score (nSPS) is 11.8. The number of aromatic nitrogens is 3. The molecule has 0 saturated carbocycles. The summed E-state index contributed by atoms with van der Waals surface area (Å²) in [6.07, 6.45) is 1.21. The van der Waals surface area contributed by atoms with Crippen LogP contribution in [-0.2, 0) is 9.59 Å². The number of rotatable bonds is 9. The summed E-state index contributed by atoms with van der Waals surface area (Å²) in [5.41, 5.74) is 1.56. The minimum atomic E-state index is -0.329. The number of hydrogen-bond acceptors (Lipinski definition) is 6. The van der Waals surface area contributed by atoms with E-state index in [9.17, 15) is 14.4 Å². The molecule has 33 heavy (non-hydrogen) atoms. The minimum absolute atomic E-state index is 0.0775. The zero-order valence-corrected chi connectivity index (χ0v) is 19.5. The van der Waals surface area contributed by atoms with Crippen LogP contribution in [0.3, 0.4) is 0 Å². The van der Waals surface area contributed by atoms with E-state index in [0.29, 0.717) is 29.8 Å². The van der Waals surface area contributed by atoms with Crippen LogP contribution >= 0.6 is 0 Å². The molecule has 3 rings (SSSR count). The van der Waals surface area contributed by atoms with Crippen LogP contribution in [0.4, 0.5) is 11.6 Å². The second-order valence-corrected chi connectivity index (χ2v) is 7.64. The number of carbonyl (C=O) groups excluding carboxylic acids is 2. The first-order chi connectivity index (χ1) is 15.9. The summed E-state index contributed by atoms with van der Waals surface area (Å²) in [4.78, 5) is 48.0. The Kier molecular flexibility index (Phi) is 7.76. The lowest BCUT2D eigenvalue weighted by Crippen LogP contribution is -2.31. The first kappa shape index (κ1) is 23.9. The molecule has 0 spiro atoms. The van der Waals surface area contributed by atoms with Gasteiger partial charge in [-0.1, -0.05) is 44.2 Å². The lowest BCUT2D eigenvalue weighted by atomic mass is 10.0. The van der Waals surface area contributed by atoms with Crippen molar-refractivity contribution in [2.45, 2.75) is 39.2 Å². The summed E-state index contributed by atoms with van der Waals surface area (Å²) < 4.78 is 1.63. The summed E-state index contributed by atoms with van der Waals surface area (Å²) in [7, 11) is 3.23. The highest BCUT2D eigenvalue weighted by Gasteiger charge is 2.22. The largest absolute Gasteiger partial charge is 0.365 e. The Labute approximate surface area is 192 Å². The van der Waals surface area contributed by atoms with Crippen molar-refractivity contribution in [1.29, 1.82) is 0 Å². The van der Waals surface area contributed by atoms with Gasteiger partial charge in [0.25, 0.3) is 5.56 Å². The molecule has 2 amide bonds. The Morgan fingerprint density at radius 3 is 2.45 bits per heavy atom. The molecule has 0 aliphatic rings. The number of nitrogens with one attached hydrogen (secondary N) is 2. The van der Waals surface area contributed by atoms with E-state index < -0.39 is 0 Å². The van der Waals surface area contributed by atoms with E-state index in [-0.39, 0.29) is 42.2 Å². The van der Waals surface area contributed by atoms with E-state index in [2.05, 4.69) is 20.6 Å². The first-order valence-electron chi connectivity index (χ1n) is 11.1. The van der Waals surface area contributed by atoms with Crippen molar-refractivity contribution >= 4 is 34.6 Å². The molecule has 2 heterocycles. The average molecular weight is 451 g/mol. The molecule has 2 aromatic heterocycles. The highest BCUT2D eigenvalue weighted by atomic mass is 16.2. The van der Waals surface area contributed by atoms with Crippen LogP contribution in [-0.4, -0.2) is 47.0 Å². The van der Waals surface area contributed by atoms with Crippen molar-refractivity contribution in [1.82, 2.24) is 19.9 Å². The minimum Gasteiger partial charge on any atom is -0.365 e. The van der Waals surface area contributed by atoms with Crippen molar-refractivity contribution < 1.29 is 9.59 Å². The fourth-order valence-corrected chi connectivity index (χ4v) is 3.69. The van der Waals surface area contributed by atoms with E-state index in [1.165, 1.54) is 4.90 Å². The average Bonchev–Trinajstić information content (AvgIpc) is 2.85.